The number of fused-ring (bicyclic) bond motifs is 1. The number of H-pyrrole nitrogens is 1. The van der Waals surface area contributed by atoms with Crippen molar-refractivity contribution in [1.82, 2.24) is 24.7 Å². The first-order valence-electron chi connectivity index (χ1n) is 11.7. The molecule has 0 atom stereocenters. The number of para-hydroxylation sites is 1. The van der Waals surface area contributed by atoms with Crippen LogP contribution in [-0.4, -0.2) is 71.0 Å². The summed E-state index contributed by atoms with van der Waals surface area (Å²) in [5, 5.41) is 0.682. The predicted molar refractivity (Wildman–Crippen MR) is 125 cm³/mol. The van der Waals surface area contributed by atoms with Crippen LogP contribution in [0, 0.1) is 5.92 Å². The summed E-state index contributed by atoms with van der Waals surface area (Å²) >= 11 is 0. The Kier molecular flexibility index (Phi) is 5.81. The Hall–Kier alpha value is -2.60. The van der Waals surface area contributed by atoms with Crippen molar-refractivity contribution in [3.63, 3.8) is 0 Å². The second kappa shape index (κ2) is 8.87. The summed E-state index contributed by atoms with van der Waals surface area (Å²) in [7, 11) is 2.14. The lowest BCUT2D eigenvalue weighted by molar-refractivity contribution is 0.140. The Morgan fingerprint density at radius 3 is 2.61 bits per heavy atom. The summed E-state index contributed by atoms with van der Waals surface area (Å²) in [6.07, 6.45) is 11.5. The second-order valence-corrected chi connectivity index (χ2v) is 9.37. The van der Waals surface area contributed by atoms with Crippen LogP contribution in [-0.2, 0) is 0 Å². The number of piperidine rings is 2. The molecule has 31 heavy (non-hydrogen) atoms. The molecule has 5 rings (SSSR count). The first kappa shape index (κ1) is 20.3. The zero-order valence-corrected chi connectivity index (χ0v) is 18.5. The number of aromatic nitrogens is 2. The van der Waals surface area contributed by atoms with E-state index in [0.717, 1.165) is 62.8 Å². The van der Waals surface area contributed by atoms with Crippen LogP contribution in [0.15, 0.2) is 53.1 Å². The minimum atomic E-state index is -0.0103. The van der Waals surface area contributed by atoms with Gasteiger partial charge in [-0.25, -0.2) is 4.98 Å². The Morgan fingerprint density at radius 1 is 1.06 bits per heavy atom. The van der Waals surface area contributed by atoms with E-state index in [1.54, 1.807) is 0 Å². The molecule has 0 spiro atoms. The van der Waals surface area contributed by atoms with Gasteiger partial charge in [-0.3, -0.25) is 4.79 Å². The van der Waals surface area contributed by atoms with Crippen LogP contribution < -0.4 is 5.56 Å². The fourth-order valence-electron chi connectivity index (χ4n) is 5.27. The fraction of sp³-hybridized carbons (Fsp3) is 0.520. The van der Waals surface area contributed by atoms with Gasteiger partial charge in [0.15, 0.2) is 0 Å². The molecule has 1 N–H and O–H groups in total. The van der Waals surface area contributed by atoms with E-state index in [-0.39, 0.29) is 5.56 Å². The number of rotatable bonds is 4. The van der Waals surface area contributed by atoms with Crippen molar-refractivity contribution < 1.29 is 0 Å². The number of benzene rings is 1. The Bertz CT molecular complexity index is 1030. The van der Waals surface area contributed by atoms with Gasteiger partial charge in [0.2, 0.25) is 0 Å². The molecule has 1 aromatic carbocycles. The lowest BCUT2D eigenvalue weighted by Crippen LogP contribution is -2.41. The molecule has 6 nitrogen and oxygen atoms in total. The van der Waals surface area contributed by atoms with E-state index in [1.165, 1.54) is 25.1 Å². The highest BCUT2D eigenvalue weighted by atomic mass is 16.1. The van der Waals surface area contributed by atoms with Gasteiger partial charge in [0.25, 0.3) is 5.56 Å². The molecule has 2 fully saturated rings. The van der Waals surface area contributed by atoms with E-state index >= 15 is 0 Å². The highest BCUT2D eigenvalue weighted by Gasteiger charge is 2.27. The molecule has 2 saturated heterocycles. The average molecular weight is 420 g/mol. The number of hydrogen-bond acceptors (Lipinski definition) is 5. The van der Waals surface area contributed by atoms with Gasteiger partial charge in [-0.2, -0.15) is 0 Å². The van der Waals surface area contributed by atoms with Crippen LogP contribution in [0.1, 0.15) is 37.4 Å². The molecule has 0 saturated carbocycles. The third kappa shape index (κ3) is 4.54. The number of allylic oxidation sites excluding steroid dienone is 1. The highest BCUT2D eigenvalue weighted by Crippen LogP contribution is 2.28. The zero-order valence-electron chi connectivity index (χ0n) is 18.5. The minimum absolute atomic E-state index is 0.0103. The number of likely N-dealkylation sites (N-methyl/N-ethyl adjacent to an activating group) is 1. The summed E-state index contributed by atoms with van der Waals surface area (Å²) in [4.78, 5) is 27.6. The predicted octanol–water partition coefficient (Wildman–Crippen LogP) is 3.16. The molecule has 0 amide bonds. The van der Waals surface area contributed by atoms with Gasteiger partial charge in [-0.15, -0.1) is 0 Å². The molecule has 0 aliphatic carbocycles. The van der Waals surface area contributed by atoms with Crippen LogP contribution in [0.25, 0.3) is 10.9 Å². The summed E-state index contributed by atoms with van der Waals surface area (Å²) in [5.41, 5.74) is 2.17. The smallest absolute Gasteiger partial charge is 0.258 e. The Morgan fingerprint density at radius 2 is 1.84 bits per heavy atom. The molecule has 3 aliphatic rings. The first-order valence-corrected chi connectivity index (χ1v) is 11.7. The molecular weight excluding hydrogens is 386 g/mol. The van der Waals surface area contributed by atoms with Crippen molar-refractivity contribution in [3.8, 4) is 0 Å². The van der Waals surface area contributed by atoms with Crippen LogP contribution in [0.2, 0.25) is 0 Å². The lowest BCUT2D eigenvalue weighted by atomic mass is 9.92. The Labute approximate surface area is 184 Å². The fourth-order valence-corrected chi connectivity index (χ4v) is 5.27. The third-order valence-electron chi connectivity index (χ3n) is 7.14. The number of aromatic amines is 1. The van der Waals surface area contributed by atoms with Gasteiger partial charge in [0.1, 0.15) is 5.82 Å². The van der Waals surface area contributed by atoms with E-state index in [2.05, 4.69) is 45.1 Å². The van der Waals surface area contributed by atoms with Crippen LogP contribution in [0.4, 0.5) is 0 Å². The molecule has 4 heterocycles. The van der Waals surface area contributed by atoms with Gasteiger partial charge in [0.05, 0.1) is 16.6 Å². The molecule has 3 aliphatic heterocycles. The van der Waals surface area contributed by atoms with Crippen LogP contribution >= 0.6 is 0 Å². The van der Waals surface area contributed by atoms with E-state index in [1.807, 2.05) is 24.3 Å². The maximum absolute atomic E-state index is 12.4. The lowest BCUT2D eigenvalue weighted by Gasteiger charge is -2.39. The van der Waals surface area contributed by atoms with Gasteiger partial charge < -0.3 is 19.7 Å². The summed E-state index contributed by atoms with van der Waals surface area (Å²) < 4.78 is 0. The largest absolute Gasteiger partial charge is 0.375 e. The molecule has 0 unspecified atom stereocenters. The normalized spacial score (nSPS) is 21.6. The summed E-state index contributed by atoms with van der Waals surface area (Å²) in [6.45, 7) is 6.73. The summed E-state index contributed by atoms with van der Waals surface area (Å²) in [6, 6.07) is 7.62. The van der Waals surface area contributed by atoms with E-state index < -0.39 is 0 Å². The van der Waals surface area contributed by atoms with Crippen molar-refractivity contribution in [2.24, 2.45) is 5.92 Å². The number of hydrogen-bond donors (Lipinski definition) is 1. The first-order chi connectivity index (χ1) is 15.2. The van der Waals surface area contributed by atoms with Gasteiger partial charge in [-0.05, 0) is 62.9 Å². The van der Waals surface area contributed by atoms with Gasteiger partial charge >= 0.3 is 0 Å². The SMILES string of the molecule is CN1C=C(N2CCC(CN3CCC(c4nc5ccccc5c(=O)[nH]4)CC3)CC2)C=CC1. The van der Waals surface area contributed by atoms with Crippen molar-refractivity contribution in [2.45, 2.75) is 31.6 Å². The van der Waals surface area contributed by atoms with Crippen molar-refractivity contribution in [2.75, 3.05) is 46.3 Å². The quantitative estimate of drug-likeness (QED) is 0.825. The topological polar surface area (TPSA) is 55.5 Å². The zero-order chi connectivity index (χ0) is 21.2. The number of nitrogens with one attached hydrogen (secondary N) is 1. The second-order valence-electron chi connectivity index (χ2n) is 9.37. The molecule has 1 aromatic heterocycles. The van der Waals surface area contributed by atoms with E-state index in [0.29, 0.717) is 11.3 Å². The maximum atomic E-state index is 12.4. The van der Waals surface area contributed by atoms with Gasteiger partial charge in [0, 0.05) is 45.3 Å². The van der Waals surface area contributed by atoms with E-state index in [9.17, 15) is 4.79 Å². The van der Waals surface area contributed by atoms with Crippen molar-refractivity contribution in [1.29, 1.82) is 0 Å². The van der Waals surface area contributed by atoms with Crippen LogP contribution in [0.3, 0.4) is 0 Å². The monoisotopic (exact) mass is 419 g/mol. The Balaban J connectivity index is 1.13. The third-order valence-corrected chi connectivity index (χ3v) is 7.14. The molecule has 2 aromatic rings. The number of nitrogens with zero attached hydrogens (tertiary/aromatic N) is 4. The average Bonchev–Trinajstić information content (AvgIpc) is 2.80. The summed E-state index contributed by atoms with van der Waals surface area (Å²) in [5.74, 6) is 2.02. The van der Waals surface area contributed by atoms with E-state index in [4.69, 9.17) is 4.98 Å². The molecule has 6 heteroatoms. The highest BCUT2D eigenvalue weighted by molar-refractivity contribution is 5.77. The molecule has 164 valence electrons. The molecular formula is C25H33N5O. The minimum Gasteiger partial charge on any atom is -0.375 e. The number of likely N-dealkylation sites (tertiary alicyclic amines) is 2. The van der Waals surface area contributed by atoms with Crippen LogP contribution in [0.5, 0.6) is 0 Å². The molecule has 0 bridgehead atoms. The van der Waals surface area contributed by atoms with Gasteiger partial charge in [-0.1, -0.05) is 18.2 Å². The molecule has 0 radical (unpaired) electrons. The van der Waals surface area contributed by atoms with Crippen molar-refractivity contribution in [3.05, 3.63) is 64.5 Å². The van der Waals surface area contributed by atoms with Crippen molar-refractivity contribution >= 4 is 10.9 Å². The maximum Gasteiger partial charge on any atom is 0.258 e. The standard InChI is InChI=1S/C25H33N5O/c1-28-12-4-5-21(18-28)30-15-8-19(9-16-30)17-29-13-10-20(11-14-29)24-26-23-7-3-2-6-22(23)25(31)27-24/h2-7,18-20H,8-17H2,1H3,(H,26,27,31).